The van der Waals surface area contributed by atoms with Crippen molar-refractivity contribution in [1.82, 2.24) is 52.8 Å². The fourth-order valence-corrected chi connectivity index (χ4v) is 10.9. The van der Waals surface area contributed by atoms with E-state index in [1.165, 1.54) is 43.0 Å². The van der Waals surface area contributed by atoms with Crippen LogP contribution in [0.1, 0.15) is 115 Å². The molecular formula is C66H101N17O12S. The van der Waals surface area contributed by atoms with Gasteiger partial charge in [0.2, 0.25) is 53.2 Å². The normalized spacial score (nSPS) is 14.3. The number of aliphatic imine (C=N–C) groups is 1. The maximum atomic E-state index is 14.7. The van der Waals surface area contributed by atoms with E-state index in [-0.39, 0.29) is 76.2 Å². The molecule has 0 aliphatic heterocycles. The van der Waals surface area contributed by atoms with Crippen molar-refractivity contribution < 1.29 is 58.2 Å². The summed E-state index contributed by atoms with van der Waals surface area (Å²) in [6, 6.07) is 9.04. The summed E-state index contributed by atoms with van der Waals surface area (Å²) in [6.07, 6.45) is 6.99. The number of aliphatic carboxylic acids is 1. The summed E-state index contributed by atoms with van der Waals surface area (Å²) in [4.78, 5) is 148. The van der Waals surface area contributed by atoms with Crippen molar-refractivity contribution in [3.8, 4) is 5.75 Å². The van der Waals surface area contributed by atoms with Crippen LogP contribution in [0.25, 0.3) is 10.9 Å². The molecular weight excluding hydrogens is 1250 g/mol. The minimum atomic E-state index is -1.43. The van der Waals surface area contributed by atoms with Gasteiger partial charge in [-0.05, 0) is 150 Å². The third kappa shape index (κ3) is 27.9. The number of guanidine groups is 1. The Labute approximate surface area is 564 Å². The number of carbonyl (C=O) groups is 10. The molecule has 29 nitrogen and oxygen atoms in total. The van der Waals surface area contributed by atoms with Crippen molar-refractivity contribution in [2.45, 2.75) is 178 Å². The number of phenols is 1. The Balaban J connectivity index is 1.60. The zero-order chi connectivity index (χ0) is 70.7. The maximum absolute atomic E-state index is 14.7. The number of aromatic nitrogens is 1. The van der Waals surface area contributed by atoms with Crippen LogP contribution >= 0.6 is 11.8 Å². The number of fused-ring (bicyclic) bond motifs is 1. The lowest BCUT2D eigenvalue weighted by atomic mass is 10.0. The molecule has 0 bridgehead atoms. The zero-order valence-corrected chi connectivity index (χ0v) is 56.2. The molecule has 0 saturated heterocycles. The minimum Gasteiger partial charge on any atom is -0.508 e. The van der Waals surface area contributed by atoms with Gasteiger partial charge in [-0.3, -0.25) is 48.1 Å². The first-order valence-electron chi connectivity index (χ1n) is 32.6. The molecule has 10 atom stereocenters. The molecule has 0 aliphatic rings. The van der Waals surface area contributed by atoms with Gasteiger partial charge in [-0.2, -0.15) is 11.8 Å². The van der Waals surface area contributed by atoms with Gasteiger partial charge in [0.25, 0.3) is 0 Å². The number of benzene rings is 3. The molecule has 0 spiro atoms. The van der Waals surface area contributed by atoms with Crippen LogP contribution in [-0.2, 0) is 67.2 Å². The van der Waals surface area contributed by atoms with Crippen LogP contribution in [0.5, 0.6) is 5.75 Å². The number of nitrogens with two attached hydrogens (primary N) is 6. The van der Waals surface area contributed by atoms with Gasteiger partial charge in [0.15, 0.2) is 5.96 Å². The van der Waals surface area contributed by atoms with Crippen LogP contribution in [0.2, 0.25) is 0 Å². The number of phenolic OH excluding ortho intramolecular Hbond substituents is 1. The Morgan fingerprint density at radius 2 is 0.938 bits per heavy atom. The Hall–Kier alpha value is -8.84. The van der Waals surface area contributed by atoms with Crippen LogP contribution in [0, 0.1) is 5.92 Å². The maximum Gasteiger partial charge on any atom is 0.326 e. The number of nitrogens with one attached hydrogen (secondary N) is 10. The van der Waals surface area contributed by atoms with Crippen molar-refractivity contribution in [1.29, 1.82) is 0 Å². The van der Waals surface area contributed by atoms with Crippen LogP contribution < -0.4 is 82.3 Å². The lowest BCUT2D eigenvalue weighted by molar-refractivity contribution is -0.142. The quantitative estimate of drug-likeness (QED) is 0.0151. The van der Waals surface area contributed by atoms with E-state index in [1.54, 1.807) is 56.6 Å². The van der Waals surface area contributed by atoms with Gasteiger partial charge >= 0.3 is 5.97 Å². The van der Waals surface area contributed by atoms with E-state index >= 15 is 0 Å². The fourth-order valence-electron chi connectivity index (χ4n) is 10.4. The summed E-state index contributed by atoms with van der Waals surface area (Å²) in [5, 5.41) is 45.3. The van der Waals surface area contributed by atoms with Crippen molar-refractivity contribution >= 4 is 87.8 Å². The number of H-pyrrole nitrogens is 1. The number of hydrogen-bond donors (Lipinski definition) is 18. The number of nitrogens with zero attached hydrogens (tertiary/aromatic N) is 1. The summed E-state index contributed by atoms with van der Waals surface area (Å²) in [5.74, 6) is -8.70. The van der Waals surface area contributed by atoms with Gasteiger partial charge in [0, 0.05) is 42.9 Å². The van der Waals surface area contributed by atoms with Gasteiger partial charge in [0.05, 0.1) is 6.04 Å². The lowest BCUT2D eigenvalue weighted by Crippen LogP contribution is -2.61. The SMILES string of the molecule is CSCC[C@H](NC(=O)[C@@H](NC(=O)[C@H](C)NC(=O)[C@H](Cc1ccc(O)cc1)NC(=O)[C@H](Cc1ccccc1)NC(=O)[C@H](CCCN=C(N)N)NC(=O)[C@H](N)CCCCN)C(C)C)C(=O)N[C@@H](Cc1c[nH]c2ccccc12)C(=O)N[C@@H](CCCCN)C(=O)N[C@H](CCCCN)C(=O)O. The summed E-state index contributed by atoms with van der Waals surface area (Å²) >= 11 is 1.38. The number of carbonyl (C=O) groups excluding carboxylic acids is 9. The topological polar surface area (TPSA) is 504 Å². The van der Waals surface area contributed by atoms with E-state index in [0.29, 0.717) is 80.5 Å². The van der Waals surface area contributed by atoms with Gasteiger partial charge < -0.3 is 97.5 Å². The minimum absolute atomic E-state index is 0.0368. The molecule has 0 aliphatic carbocycles. The fraction of sp³-hybridized carbons (Fsp3) is 0.530. The van der Waals surface area contributed by atoms with Gasteiger partial charge in [-0.25, -0.2) is 4.79 Å². The van der Waals surface area contributed by atoms with E-state index < -0.39 is 125 Å². The average molecular weight is 1360 g/mol. The van der Waals surface area contributed by atoms with Crippen LogP contribution in [0.4, 0.5) is 0 Å². The first kappa shape index (κ1) is 79.6. The molecule has 1 aromatic heterocycles. The zero-order valence-electron chi connectivity index (χ0n) is 55.4. The highest BCUT2D eigenvalue weighted by molar-refractivity contribution is 7.98. The third-order valence-corrected chi connectivity index (χ3v) is 16.6. The van der Waals surface area contributed by atoms with Crippen molar-refractivity contribution in [3.05, 3.63) is 102 Å². The summed E-state index contributed by atoms with van der Waals surface area (Å²) in [6.45, 7) is 5.80. The first-order chi connectivity index (χ1) is 45.9. The number of amides is 9. The molecule has 24 N–H and O–H groups in total. The van der Waals surface area contributed by atoms with Crippen LogP contribution in [0.3, 0.4) is 0 Å². The number of aromatic hydroxyl groups is 1. The molecule has 1 heterocycles. The van der Waals surface area contributed by atoms with Gasteiger partial charge in [-0.15, -0.1) is 0 Å². The summed E-state index contributed by atoms with van der Waals surface area (Å²) in [5.41, 5.74) is 36.8. The standard InChI is InChI=1S/C66H101N17O12S/c1-39(2)55(64(93)78-50(29-34-96-4)60(89)82-54(37-43-38-74-47-21-9-8-19-45(43)47)63(92)77-48(22-11-14-31-68)58(87)79-51(65(94)95)23-12-15-32-69)83-56(85)40(3)75-61(90)52(36-42-25-27-44(84)28-26-42)81-62(91)53(35-41-17-6-5-7-18-41)80-59(88)49(24-16-33-73-66(71)72)76-57(86)46(70)20-10-13-30-67/h5-9,17-19,21,25-28,38-40,46,48-55,74,84H,10-16,20,22-24,29-37,67-70H2,1-4H3,(H,75,90)(H,76,86)(H,77,92)(H,78,93)(H,79,87)(H,80,88)(H,81,91)(H,82,89)(H,83,85)(H,94,95)(H4,71,72,73)/t40-,46+,48-,49-,50-,51+,52-,53-,54-,55-/m0/s1. The molecule has 96 heavy (non-hydrogen) atoms. The number of unbranched alkanes of at least 4 members (excludes halogenated alkanes) is 3. The smallest absolute Gasteiger partial charge is 0.326 e. The molecule has 9 amide bonds. The van der Waals surface area contributed by atoms with Crippen molar-refractivity contribution in [2.24, 2.45) is 45.3 Å². The summed E-state index contributed by atoms with van der Waals surface area (Å²) < 4.78 is 0. The highest BCUT2D eigenvalue weighted by atomic mass is 32.2. The van der Waals surface area contributed by atoms with E-state index in [1.807, 2.05) is 24.3 Å². The Kier molecular flexibility index (Phi) is 35.3. The molecule has 4 rings (SSSR count). The molecule has 3 aromatic carbocycles. The summed E-state index contributed by atoms with van der Waals surface area (Å²) in [7, 11) is 0. The van der Waals surface area contributed by atoms with E-state index in [4.69, 9.17) is 34.4 Å². The number of aromatic amines is 1. The van der Waals surface area contributed by atoms with Gasteiger partial charge in [0.1, 0.15) is 60.1 Å². The molecule has 0 fully saturated rings. The van der Waals surface area contributed by atoms with E-state index in [9.17, 15) is 58.2 Å². The van der Waals surface area contributed by atoms with Crippen molar-refractivity contribution in [3.63, 3.8) is 0 Å². The highest BCUT2D eigenvalue weighted by Gasteiger charge is 2.36. The Bertz CT molecular complexity index is 3170. The average Bonchev–Trinajstić information content (AvgIpc) is 1.66. The molecule has 30 heteroatoms. The number of hydrogen-bond acceptors (Lipinski definition) is 17. The molecule has 0 radical (unpaired) electrons. The molecule has 4 aromatic rings. The Morgan fingerprint density at radius 1 is 0.490 bits per heavy atom. The van der Waals surface area contributed by atoms with E-state index in [0.717, 1.165) is 10.9 Å². The second-order valence-corrected chi connectivity index (χ2v) is 25.0. The monoisotopic (exact) mass is 1360 g/mol. The largest absolute Gasteiger partial charge is 0.508 e. The molecule has 528 valence electrons. The second kappa shape index (κ2) is 42.6. The predicted octanol–water partition coefficient (Wildman–Crippen LogP) is -0.454. The number of thioether (sulfide) groups is 1. The highest BCUT2D eigenvalue weighted by Crippen LogP contribution is 2.21. The number of para-hydroxylation sites is 1. The molecule has 0 unspecified atom stereocenters. The Morgan fingerprint density at radius 3 is 1.48 bits per heavy atom. The second-order valence-electron chi connectivity index (χ2n) is 24.0. The van der Waals surface area contributed by atoms with E-state index in [2.05, 4.69) is 57.8 Å². The number of carboxylic acids is 1. The van der Waals surface area contributed by atoms with Crippen LogP contribution in [-0.4, -0.2) is 179 Å². The molecule has 0 saturated carbocycles. The third-order valence-electron chi connectivity index (χ3n) is 15.9. The number of rotatable bonds is 45. The lowest BCUT2D eigenvalue weighted by Gasteiger charge is -2.29. The van der Waals surface area contributed by atoms with Crippen molar-refractivity contribution in [2.75, 3.05) is 38.2 Å². The van der Waals surface area contributed by atoms with Crippen LogP contribution in [0.15, 0.2) is 90.1 Å². The number of carboxylic acid groups (broad SMARTS) is 1. The van der Waals surface area contributed by atoms with Gasteiger partial charge in [-0.1, -0.05) is 80.9 Å². The predicted molar refractivity (Wildman–Crippen MR) is 369 cm³/mol. The first-order valence-corrected chi connectivity index (χ1v) is 34.0.